The van der Waals surface area contributed by atoms with E-state index in [0.717, 1.165) is 12.8 Å². The number of hydrogen-bond acceptors (Lipinski definition) is 3. The second-order valence-electron chi connectivity index (χ2n) is 4.80. The maximum atomic E-state index is 10.6. The summed E-state index contributed by atoms with van der Waals surface area (Å²) in [5, 5.41) is 13.0. The third-order valence-electron chi connectivity index (χ3n) is 3.63. The van der Waals surface area contributed by atoms with E-state index in [1.54, 1.807) is 18.5 Å². The van der Waals surface area contributed by atoms with Crippen LogP contribution in [0.3, 0.4) is 0 Å². The van der Waals surface area contributed by atoms with Gasteiger partial charge in [0.05, 0.1) is 12.1 Å². The smallest absolute Gasteiger partial charge is 0.160 e. The van der Waals surface area contributed by atoms with Crippen molar-refractivity contribution in [3.63, 3.8) is 0 Å². The lowest BCUT2D eigenvalue weighted by Crippen LogP contribution is -2.94. The third-order valence-corrected chi connectivity index (χ3v) is 3.63. The Balaban J connectivity index is 1.91. The maximum absolute atomic E-state index is 10.6. The summed E-state index contributed by atoms with van der Waals surface area (Å²) < 4.78 is 0. The summed E-state index contributed by atoms with van der Waals surface area (Å²) in [5.74, 6) is 0.606. The van der Waals surface area contributed by atoms with Gasteiger partial charge in [-0.1, -0.05) is 0 Å². The largest absolute Gasteiger partial charge is 0.381 e. The van der Waals surface area contributed by atoms with Crippen molar-refractivity contribution in [3.05, 3.63) is 24.3 Å². The predicted octanol–water partition coefficient (Wildman–Crippen LogP) is -0.448. The van der Waals surface area contributed by atoms with Gasteiger partial charge in [-0.25, -0.2) is 9.97 Å². The Bertz CT molecular complexity index is 342. The fraction of sp³-hybridized carbons (Fsp3) is 0.636. The first-order valence-electron chi connectivity index (χ1n) is 5.61. The van der Waals surface area contributed by atoms with Gasteiger partial charge in [0.15, 0.2) is 5.82 Å². The molecule has 0 radical (unpaired) electrons. The molecule has 2 aliphatic rings. The van der Waals surface area contributed by atoms with Crippen molar-refractivity contribution < 1.29 is 10.4 Å². The highest BCUT2D eigenvalue weighted by molar-refractivity contribution is 5.06. The zero-order chi connectivity index (χ0) is 10.3. The summed E-state index contributed by atoms with van der Waals surface area (Å²) in [4.78, 5) is 8.39. The molecule has 3 heterocycles. The second-order valence-corrected chi connectivity index (χ2v) is 4.80. The highest BCUT2D eigenvalue weighted by atomic mass is 16.3. The molecule has 0 spiro atoms. The van der Waals surface area contributed by atoms with Crippen LogP contribution in [-0.4, -0.2) is 27.2 Å². The average Bonchev–Trinajstić information content (AvgIpc) is 2.60. The number of piperidine rings is 1. The van der Waals surface area contributed by atoms with E-state index in [4.69, 9.17) is 0 Å². The van der Waals surface area contributed by atoms with Crippen LogP contribution in [0.2, 0.25) is 0 Å². The van der Waals surface area contributed by atoms with Gasteiger partial charge in [0.25, 0.3) is 0 Å². The predicted molar refractivity (Wildman–Crippen MR) is 53.9 cm³/mol. The lowest BCUT2D eigenvalue weighted by Gasteiger charge is -2.33. The zero-order valence-corrected chi connectivity index (χ0v) is 8.63. The van der Waals surface area contributed by atoms with Crippen molar-refractivity contribution >= 4 is 0 Å². The fourth-order valence-electron chi connectivity index (χ4n) is 3.02. The van der Waals surface area contributed by atoms with Crippen LogP contribution in [0, 0.1) is 0 Å². The number of hydrogen-bond donors (Lipinski definition) is 2. The molecule has 0 aromatic carbocycles. The third kappa shape index (κ3) is 1.54. The van der Waals surface area contributed by atoms with Crippen molar-refractivity contribution in [2.45, 2.75) is 43.4 Å². The van der Waals surface area contributed by atoms with Crippen LogP contribution in [0.1, 0.15) is 31.5 Å². The zero-order valence-electron chi connectivity index (χ0n) is 8.63. The van der Waals surface area contributed by atoms with Crippen molar-refractivity contribution in [1.82, 2.24) is 9.97 Å². The van der Waals surface area contributed by atoms with Gasteiger partial charge in [-0.3, -0.25) is 0 Å². The molecule has 3 N–H and O–H groups in total. The topological polar surface area (TPSA) is 62.6 Å². The van der Waals surface area contributed by atoms with Gasteiger partial charge >= 0.3 is 0 Å². The first kappa shape index (κ1) is 9.24. The minimum absolute atomic E-state index is 0.567. The molecule has 2 saturated heterocycles. The second kappa shape index (κ2) is 3.25. The summed E-state index contributed by atoms with van der Waals surface area (Å²) in [6.45, 7) is 0. The van der Waals surface area contributed by atoms with Gasteiger partial charge in [-0.2, -0.15) is 0 Å². The van der Waals surface area contributed by atoms with E-state index in [0.29, 0.717) is 17.9 Å². The number of nitrogens with two attached hydrogens (primary N) is 1. The minimum Gasteiger partial charge on any atom is -0.381 e. The van der Waals surface area contributed by atoms with Crippen LogP contribution in [0.4, 0.5) is 0 Å². The lowest BCUT2D eigenvalue weighted by atomic mass is 9.87. The summed E-state index contributed by atoms with van der Waals surface area (Å²) >= 11 is 0. The summed E-state index contributed by atoms with van der Waals surface area (Å²) in [5.41, 5.74) is -0.776. The number of aromatic nitrogens is 2. The number of rotatable bonds is 1. The first-order chi connectivity index (χ1) is 7.26. The standard InChI is InChI=1S/C11H15N3O/c15-11(10-12-4-1-5-13-10)6-8-2-3-9(7-11)14-8/h1,4-5,8-9,14-15H,2-3,6-7H2/p+1. The van der Waals surface area contributed by atoms with Crippen LogP contribution >= 0.6 is 0 Å². The van der Waals surface area contributed by atoms with Crippen molar-refractivity contribution in [1.29, 1.82) is 0 Å². The first-order valence-corrected chi connectivity index (χ1v) is 5.61. The van der Waals surface area contributed by atoms with E-state index in [2.05, 4.69) is 15.3 Å². The van der Waals surface area contributed by atoms with Crippen molar-refractivity contribution in [3.8, 4) is 0 Å². The Hall–Kier alpha value is -1.00. The molecule has 2 unspecified atom stereocenters. The van der Waals surface area contributed by atoms with E-state index < -0.39 is 5.60 Å². The summed E-state index contributed by atoms with van der Waals surface area (Å²) in [7, 11) is 0. The highest BCUT2D eigenvalue weighted by Crippen LogP contribution is 2.35. The molecular formula is C11H16N3O+. The van der Waals surface area contributed by atoms with Gasteiger partial charge < -0.3 is 10.4 Å². The molecule has 1 aromatic rings. The van der Waals surface area contributed by atoms with Crippen LogP contribution in [0.15, 0.2) is 18.5 Å². The van der Waals surface area contributed by atoms with E-state index in [-0.39, 0.29) is 0 Å². The van der Waals surface area contributed by atoms with Gasteiger partial charge in [-0.15, -0.1) is 0 Å². The Kier molecular flexibility index (Phi) is 2.00. The maximum Gasteiger partial charge on any atom is 0.160 e. The Morgan fingerprint density at radius 2 is 1.80 bits per heavy atom. The van der Waals surface area contributed by atoms with Crippen LogP contribution in [-0.2, 0) is 5.60 Å². The molecule has 2 atom stereocenters. The number of quaternary nitrogens is 1. The molecule has 0 amide bonds. The molecule has 3 rings (SSSR count). The molecule has 0 saturated carbocycles. The molecule has 0 aliphatic carbocycles. The van der Waals surface area contributed by atoms with Gasteiger partial charge in [0.1, 0.15) is 5.60 Å². The Labute approximate surface area is 88.8 Å². The quantitative estimate of drug-likeness (QED) is 0.654. The van der Waals surface area contributed by atoms with E-state index in [1.165, 1.54) is 12.8 Å². The van der Waals surface area contributed by atoms with Crippen molar-refractivity contribution in [2.75, 3.05) is 0 Å². The van der Waals surface area contributed by atoms with Crippen LogP contribution in [0.5, 0.6) is 0 Å². The van der Waals surface area contributed by atoms with Crippen LogP contribution < -0.4 is 5.32 Å². The molecule has 2 bridgehead atoms. The monoisotopic (exact) mass is 206 g/mol. The lowest BCUT2D eigenvalue weighted by molar-refractivity contribution is -0.716. The molecule has 2 aliphatic heterocycles. The summed E-state index contributed by atoms with van der Waals surface area (Å²) in [6.07, 6.45) is 7.46. The normalized spacial score (nSPS) is 39.3. The SMILES string of the molecule is OC1(c2ncccn2)CC2CCC(C1)[NH2+]2. The molecule has 2 fully saturated rings. The molecular weight excluding hydrogens is 190 g/mol. The van der Waals surface area contributed by atoms with Gasteiger partial charge in [-0.05, 0) is 6.07 Å². The van der Waals surface area contributed by atoms with E-state index in [1.807, 2.05) is 0 Å². The molecule has 4 nitrogen and oxygen atoms in total. The Morgan fingerprint density at radius 3 is 2.40 bits per heavy atom. The molecule has 15 heavy (non-hydrogen) atoms. The summed E-state index contributed by atoms with van der Waals surface area (Å²) in [6, 6.07) is 2.92. The fourth-order valence-corrected chi connectivity index (χ4v) is 3.02. The van der Waals surface area contributed by atoms with Gasteiger partial charge in [0, 0.05) is 38.1 Å². The molecule has 1 aromatic heterocycles. The minimum atomic E-state index is -0.776. The number of fused-ring (bicyclic) bond motifs is 2. The van der Waals surface area contributed by atoms with E-state index in [9.17, 15) is 5.11 Å². The molecule has 4 heteroatoms. The Morgan fingerprint density at radius 1 is 1.20 bits per heavy atom. The number of aliphatic hydroxyl groups is 1. The molecule has 80 valence electrons. The highest BCUT2D eigenvalue weighted by Gasteiger charge is 2.48. The average molecular weight is 206 g/mol. The van der Waals surface area contributed by atoms with Gasteiger partial charge in [0.2, 0.25) is 0 Å². The van der Waals surface area contributed by atoms with E-state index >= 15 is 0 Å². The van der Waals surface area contributed by atoms with Crippen LogP contribution in [0.25, 0.3) is 0 Å². The number of nitrogens with zero attached hydrogens (tertiary/aromatic N) is 2. The van der Waals surface area contributed by atoms with Crippen molar-refractivity contribution in [2.24, 2.45) is 0 Å².